The fraction of sp³-hybridized carbons (Fsp3) is 0.500. The fourth-order valence-corrected chi connectivity index (χ4v) is 6.26. The van der Waals surface area contributed by atoms with E-state index in [1.165, 1.54) is 16.3 Å². The largest absolute Gasteiger partial charge is 0.473 e. The zero-order chi connectivity index (χ0) is 29.8. The Morgan fingerprint density at radius 1 is 0.977 bits per heavy atom. The number of aliphatic hydroxyl groups is 1. The maximum Gasteiger partial charge on any atom is 0.266 e. The van der Waals surface area contributed by atoms with Gasteiger partial charge in [-0.1, -0.05) is 24.3 Å². The molecular formula is C32H42N8O3. The summed E-state index contributed by atoms with van der Waals surface area (Å²) >= 11 is 0. The van der Waals surface area contributed by atoms with Crippen LogP contribution >= 0.6 is 0 Å². The SMILES string of the molecule is CCNc1cc2c(cn1)c(-c1ccc(CN3CCN(CCO)CC3)cc1)nn2C1CCC(Oc2ccc(=O)n(C)n2)CC1. The molecule has 4 aromatic rings. The molecule has 11 nitrogen and oxygen atoms in total. The highest BCUT2D eigenvalue weighted by Gasteiger charge is 2.27. The van der Waals surface area contributed by atoms with Gasteiger partial charge < -0.3 is 15.2 Å². The van der Waals surface area contributed by atoms with Crippen LogP contribution in [-0.4, -0.2) is 91.4 Å². The Bertz CT molecular complexity index is 1570. The van der Waals surface area contributed by atoms with Gasteiger partial charge in [-0.15, -0.1) is 5.10 Å². The topological polar surface area (TPSA) is 114 Å². The van der Waals surface area contributed by atoms with E-state index < -0.39 is 0 Å². The van der Waals surface area contributed by atoms with Crippen LogP contribution in [0.4, 0.5) is 5.82 Å². The maximum atomic E-state index is 11.7. The molecule has 1 aliphatic heterocycles. The van der Waals surface area contributed by atoms with E-state index in [0.717, 1.165) is 99.5 Å². The summed E-state index contributed by atoms with van der Waals surface area (Å²) < 4.78 is 9.64. The number of fused-ring (bicyclic) bond motifs is 1. The summed E-state index contributed by atoms with van der Waals surface area (Å²) in [6.45, 7) is 8.84. The van der Waals surface area contributed by atoms with E-state index in [4.69, 9.17) is 9.84 Å². The van der Waals surface area contributed by atoms with Gasteiger partial charge in [-0.3, -0.25) is 19.3 Å². The fourth-order valence-electron chi connectivity index (χ4n) is 6.26. The zero-order valence-electron chi connectivity index (χ0n) is 25.2. The molecule has 2 fully saturated rings. The van der Waals surface area contributed by atoms with E-state index in [1.807, 2.05) is 6.20 Å². The van der Waals surface area contributed by atoms with Crippen molar-refractivity contribution in [3.05, 3.63) is 64.6 Å². The number of aromatic nitrogens is 5. The molecule has 1 saturated carbocycles. The molecular weight excluding hydrogens is 544 g/mol. The summed E-state index contributed by atoms with van der Waals surface area (Å²) in [5, 5.41) is 23.1. The lowest BCUT2D eigenvalue weighted by molar-refractivity contribution is 0.108. The normalized spacial score (nSPS) is 20.0. The van der Waals surface area contributed by atoms with Crippen LogP contribution < -0.4 is 15.6 Å². The van der Waals surface area contributed by atoms with Crippen molar-refractivity contribution in [3.8, 4) is 17.1 Å². The van der Waals surface area contributed by atoms with Crippen LogP contribution in [0.15, 0.2) is 53.5 Å². The van der Waals surface area contributed by atoms with Crippen molar-refractivity contribution in [2.45, 2.75) is 51.3 Å². The molecule has 43 heavy (non-hydrogen) atoms. The number of benzene rings is 1. The number of piperazine rings is 1. The number of hydrogen-bond acceptors (Lipinski definition) is 9. The number of nitrogens with one attached hydrogen (secondary N) is 1. The standard InChI is InChI=1S/C32H42N8O3/c1-3-33-29-20-28-27(21-34-29)32(24-6-4-23(5-7-24)22-39-16-14-38(15-17-39)18-19-41)36-40(28)25-8-10-26(11-9-25)43-30-12-13-31(42)37(2)35-30/h4-7,12-13,20-21,25-26,41H,3,8-11,14-19,22H2,1-2H3,(H,33,34). The Labute approximate surface area is 252 Å². The highest BCUT2D eigenvalue weighted by Crippen LogP contribution is 2.36. The summed E-state index contributed by atoms with van der Waals surface area (Å²) in [5.74, 6) is 1.35. The third-order valence-electron chi connectivity index (χ3n) is 8.68. The molecule has 6 rings (SSSR count). The van der Waals surface area contributed by atoms with Crippen molar-refractivity contribution < 1.29 is 9.84 Å². The van der Waals surface area contributed by atoms with Gasteiger partial charge in [0.05, 0.1) is 18.2 Å². The maximum absolute atomic E-state index is 11.7. The second-order valence-corrected chi connectivity index (χ2v) is 11.6. The average Bonchev–Trinajstić information content (AvgIpc) is 3.40. The van der Waals surface area contributed by atoms with Gasteiger partial charge in [0.2, 0.25) is 5.88 Å². The van der Waals surface area contributed by atoms with Crippen molar-refractivity contribution >= 4 is 16.7 Å². The van der Waals surface area contributed by atoms with Gasteiger partial charge in [0.1, 0.15) is 17.6 Å². The highest BCUT2D eigenvalue weighted by molar-refractivity contribution is 5.94. The van der Waals surface area contributed by atoms with Gasteiger partial charge in [0, 0.05) is 88.2 Å². The smallest absolute Gasteiger partial charge is 0.266 e. The monoisotopic (exact) mass is 586 g/mol. The number of rotatable bonds is 10. The van der Waals surface area contributed by atoms with E-state index in [-0.39, 0.29) is 24.3 Å². The minimum Gasteiger partial charge on any atom is -0.473 e. The summed E-state index contributed by atoms with van der Waals surface area (Å²) in [6.07, 6.45) is 5.67. The molecule has 3 aromatic heterocycles. The first-order valence-electron chi connectivity index (χ1n) is 15.5. The van der Waals surface area contributed by atoms with Crippen LogP contribution in [0.25, 0.3) is 22.2 Å². The highest BCUT2D eigenvalue weighted by atomic mass is 16.5. The molecule has 2 N–H and O–H groups in total. The van der Waals surface area contributed by atoms with E-state index in [0.29, 0.717) is 5.88 Å². The second kappa shape index (κ2) is 13.2. The molecule has 0 bridgehead atoms. The molecule has 0 radical (unpaired) electrons. The number of aryl methyl sites for hydroxylation is 1. The zero-order valence-corrected chi connectivity index (χ0v) is 25.2. The number of β-amino-alcohol motifs (C(OH)–C–C–N with tert-alkyl or cyclic N) is 1. The number of hydrogen-bond donors (Lipinski definition) is 2. The number of nitrogens with zero attached hydrogens (tertiary/aromatic N) is 7. The van der Waals surface area contributed by atoms with E-state index in [1.54, 1.807) is 13.1 Å². The lowest BCUT2D eigenvalue weighted by Gasteiger charge is -2.34. The van der Waals surface area contributed by atoms with Crippen molar-refractivity contribution in [2.75, 3.05) is 51.2 Å². The first kappa shape index (κ1) is 29.3. The summed E-state index contributed by atoms with van der Waals surface area (Å²) in [5.41, 5.74) is 4.29. The van der Waals surface area contributed by atoms with Crippen molar-refractivity contribution in [1.82, 2.24) is 34.3 Å². The average molecular weight is 587 g/mol. The van der Waals surface area contributed by atoms with Gasteiger partial charge in [0.25, 0.3) is 5.56 Å². The number of aliphatic hydroxyl groups excluding tert-OH is 1. The van der Waals surface area contributed by atoms with Crippen molar-refractivity contribution in [3.63, 3.8) is 0 Å². The van der Waals surface area contributed by atoms with Crippen LogP contribution in [0.1, 0.15) is 44.2 Å². The molecule has 1 aliphatic carbocycles. The molecule has 0 unspecified atom stereocenters. The number of ether oxygens (including phenoxy) is 1. The Morgan fingerprint density at radius 3 is 2.42 bits per heavy atom. The Morgan fingerprint density at radius 2 is 1.72 bits per heavy atom. The van der Waals surface area contributed by atoms with Crippen molar-refractivity contribution in [1.29, 1.82) is 0 Å². The Balaban J connectivity index is 1.18. The lowest BCUT2D eigenvalue weighted by Crippen LogP contribution is -2.46. The van der Waals surface area contributed by atoms with Crippen LogP contribution in [-0.2, 0) is 13.6 Å². The van der Waals surface area contributed by atoms with E-state index in [2.05, 4.69) is 67.1 Å². The van der Waals surface area contributed by atoms with Crippen LogP contribution in [0, 0.1) is 0 Å². The van der Waals surface area contributed by atoms with Gasteiger partial charge in [-0.2, -0.15) is 5.10 Å². The minimum atomic E-state index is -0.146. The quantitative estimate of drug-likeness (QED) is 0.289. The number of pyridine rings is 1. The van der Waals surface area contributed by atoms with Gasteiger partial charge in [0.15, 0.2) is 0 Å². The summed E-state index contributed by atoms with van der Waals surface area (Å²) in [6, 6.07) is 14.3. The second-order valence-electron chi connectivity index (χ2n) is 11.6. The van der Waals surface area contributed by atoms with Crippen LogP contribution in [0.2, 0.25) is 0 Å². The Hall–Kier alpha value is -3.80. The first-order chi connectivity index (χ1) is 21.0. The predicted molar refractivity (Wildman–Crippen MR) is 167 cm³/mol. The molecule has 228 valence electrons. The summed E-state index contributed by atoms with van der Waals surface area (Å²) in [4.78, 5) is 21.2. The molecule has 0 spiro atoms. The van der Waals surface area contributed by atoms with Crippen molar-refractivity contribution in [2.24, 2.45) is 7.05 Å². The van der Waals surface area contributed by atoms with Gasteiger partial charge >= 0.3 is 0 Å². The molecule has 0 atom stereocenters. The first-order valence-corrected chi connectivity index (χ1v) is 15.5. The predicted octanol–water partition coefficient (Wildman–Crippen LogP) is 3.30. The summed E-state index contributed by atoms with van der Waals surface area (Å²) in [7, 11) is 1.64. The minimum absolute atomic E-state index is 0.0618. The van der Waals surface area contributed by atoms with E-state index in [9.17, 15) is 9.90 Å². The van der Waals surface area contributed by atoms with Gasteiger partial charge in [-0.05, 0) is 38.2 Å². The molecule has 0 amide bonds. The molecule has 1 saturated heterocycles. The lowest BCUT2D eigenvalue weighted by atomic mass is 9.93. The Kier molecular flexibility index (Phi) is 9.01. The molecule has 2 aliphatic rings. The van der Waals surface area contributed by atoms with Gasteiger partial charge in [-0.25, -0.2) is 9.67 Å². The third-order valence-corrected chi connectivity index (χ3v) is 8.68. The molecule has 11 heteroatoms. The van der Waals surface area contributed by atoms with Crippen LogP contribution in [0.3, 0.4) is 0 Å². The number of anilines is 1. The molecule has 4 heterocycles. The van der Waals surface area contributed by atoms with E-state index >= 15 is 0 Å². The van der Waals surface area contributed by atoms with Crippen LogP contribution in [0.5, 0.6) is 5.88 Å². The molecule has 1 aromatic carbocycles. The third kappa shape index (κ3) is 6.74.